The van der Waals surface area contributed by atoms with Gasteiger partial charge in [-0.25, -0.2) is 54.8 Å². The van der Waals surface area contributed by atoms with Crippen LogP contribution >= 0.6 is 22.7 Å². The Hall–Kier alpha value is -15.5. The van der Waals surface area contributed by atoms with Crippen LogP contribution in [-0.2, 0) is 0 Å². The van der Waals surface area contributed by atoms with Crippen molar-refractivity contribution in [3.8, 4) is 157 Å². The van der Waals surface area contributed by atoms with Crippen LogP contribution in [0.2, 0.25) is 0 Å². The van der Waals surface area contributed by atoms with Gasteiger partial charge in [-0.2, -0.15) is 0 Å². The second kappa shape index (κ2) is 30.8. The number of rotatable bonds is 14. The summed E-state index contributed by atoms with van der Waals surface area (Å²) in [7, 11) is 0. The first kappa shape index (κ1) is 70.4. The molecule has 0 aliphatic carbocycles. The molecule has 552 valence electrons. The van der Waals surface area contributed by atoms with Gasteiger partial charge < -0.3 is 0 Å². The van der Waals surface area contributed by atoms with Crippen molar-refractivity contribution >= 4 is 85.6 Å². The van der Waals surface area contributed by atoms with Crippen molar-refractivity contribution in [2.45, 2.75) is 0 Å². The van der Waals surface area contributed by atoms with Crippen molar-refractivity contribution in [3.63, 3.8) is 0 Å². The Morgan fingerprint density at radius 2 is 0.517 bits per heavy atom. The highest BCUT2D eigenvalue weighted by Crippen LogP contribution is 2.43. The van der Waals surface area contributed by atoms with E-state index < -0.39 is 0 Å². The topological polar surface area (TPSA) is 155 Å². The molecule has 8 heterocycles. The predicted molar refractivity (Wildman–Crippen MR) is 483 cm³/mol. The molecule has 0 aliphatic heterocycles. The lowest BCUT2D eigenvalue weighted by Crippen LogP contribution is -2.00. The third kappa shape index (κ3) is 14.0. The van der Waals surface area contributed by atoms with Crippen molar-refractivity contribution in [1.82, 2.24) is 59.8 Å². The molecule has 0 radical (unpaired) electrons. The third-order valence-corrected chi connectivity index (χ3v) is 23.4. The molecule has 0 unspecified atom stereocenters. The van der Waals surface area contributed by atoms with Crippen LogP contribution in [0.5, 0.6) is 0 Å². The van der Waals surface area contributed by atoms with Gasteiger partial charge in [-0.3, -0.25) is 4.98 Å². The zero-order chi connectivity index (χ0) is 78.2. The SMILES string of the molecule is c1ccc(-c2ccc(-c3nc(-c4ccccc4)nc(-c4cccc(-c5cccc(-c6cccc(-c7ccnc8c7sc7nc9ccccc9nc78)c6)c5)c4)n3)cc2)cc1.c1ccc(-c2ccc(-c3nc(-c4ccccc4)nc(-c4cccc(-c5cccc(-c6cccc(-c7ncnc8c7sc7nc9ccccc9cc78)c6)c5)c4)n3)cc2)cc1. The highest BCUT2D eigenvalue weighted by molar-refractivity contribution is 7.26. The number of nitrogens with zero attached hydrogens (tertiary/aromatic N) is 12. The van der Waals surface area contributed by atoms with E-state index in [9.17, 15) is 0 Å². The van der Waals surface area contributed by atoms with Crippen LogP contribution in [0.3, 0.4) is 0 Å². The van der Waals surface area contributed by atoms with E-state index in [0.29, 0.717) is 34.9 Å². The predicted octanol–water partition coefficient (Wildman–Crippen LogP) is 26.5. The lowest BCUT2D eigenvalue weighted by atomic mass is 9.95. The summed E-state index contributed by atoms with van der Waals surface area (Å²) in [6.07, 6.45) is 3.54. The minimum Gasteiger partial charge on any atom is -0.253 e. The molecule has 22 rings (SSSR count). The van der Waals surface area contributed by atoms with Gasteiger partial charge in [0, 0.05) is 61.5 Å². The zero-order valence-electron chi connectivity index (χ0n) is 63.1. The van der Waals surface area contributed by atoms with Gasteiger partial charge in [-0.15, -0.1) is 22.7 Å². The molecule has 0 N–H and O–H groups in total. The fourth-order valence-electron chi connectivity index (χ4n) is 15.3. The number of para-hydroxylation sites is 3. The summed E-state index contributed by atoms with van der Waals surface area (Å²) in [5.74, 6) is 3.76. The van der Waals surface area contributed by atoms with Crippen LogP contribution in [0.15, 0.2) is 389 Å². The summed E-state index contributed by atoms with van der Waals surface area (Å²) in [5, 5.41) is 2.16. The number of aromatic nitrogens is 12. The van der Waals surface area contributed by atoms with Crippen molar-refractivity contribution in [1.29, 1.82) is 0 Å². The highest BCUT2D eigenvalue weighted by atomic mass is 32.1. The molecule has 14 heteroatoms. The number of fused-ring (bicyclic) bond motifs is 8. The van der Waals surface area contributed by atoms with Crippen LogP contribution in [0.1, 0.15) is 0 Å². The van der Waals surface area contributed by atoms with E-state index in [1.807, 2.05) is 115 Å². The van der Waals surface area contributed by atoms with E-state index in [1.165, 1.54) is 11.1 Å². The lowest BCUT2D eigenvalue weighted by molar-refractivity contribution is 1.07. The number of pyridine rings is 2. The second-order valence-corrected chi connectivity index (χ2v) is 30.8. The Labute approximate surface area is 686 Å². The van der Waals surface area contributed by atoms with Crippen LogP contribution in [-0.4, -0.2) is 59.8 Å². The minimum atomic E-state index is 0.618. The molecule has 0 amide bonds. The molecule has 0 spiro atoms. The summed E-state index contributed by atoms with van der Waals surface area (Å²) in [6, 6.07) is 130. The van der Waals surface area contributed by atoms with Crippen LogP contribution in [0.25, 0.3) is 220 Å². The van der Waals surface area contributed by atoms with Crippen LogP contribution in [0, 0.1) is 0 Å². The Morgan fingerprint density at radius 3 is 1.00 bits per heavy atom. The first-order chi connectivity index (χ1) is 58.4. The highest BCUT2D eigenvalue weighted by Gasteiger charge is 2.21. The molecule has 0 saturated heterocycles. The van der Waals surface area contributed by atoms with E-state index in [2.05, 4.69) is 267 Å². The van der Waals surface area contributed by atoms with Crippen molar-refractivity contribution in [2.75, 3.05) is 0 Å². The summed E-state index contributed by atoms with van der Waals surface area (Å²) >= 11 is 3.29. The number of hydrogen-bond donors (Lipinski definition) is 0. The quantitative estimate of drug-likeness (QED) is 0.102. The smallest absolute Gasteiger partial charge is 0.164 e. The van der Waals surface area contributed by atoms with E-state index in [-0.39, 0.29) is 0 Å². The maximum atomic E-state index is 5.06. The second-order valence-electron chi connectivity index (χ2n) is 28.8. The molecular weight excluding hydrogens is 1480 g/mol. The van der Waals surface area contributed by atoms with Crippen LogP contribution < -0.4 is 0 Å². The molecule has 0 bridgehead atoms. The Morgan fingerprint density at radius 1 is 0.186 bits per heavy atom. The third-order valence-electron chi connectivity index (χ3n) is 21.3. The van der Waals surface area contributed by atoms with Gasteiger partial charge >= 0.3 is 0 Å². The number of thiophene rings is 2. The molecule has 14 aromatic carbocycles. The fraction of sp³-hybridized carbons (Fsp3) is 0. The summed E-state index contributed by atoms with van der Waals surface area (Å²) in [4.78, 5) is 61.1. The molecule has 8 aromatic heterocycles. The summed E-state index contributed by atoms with van der Waals surface area (Å²) < 4.78 is 2.12. The van der Waals surface area contributed by atoms with E-state index in [1.54, 1.807) is 29.0 Å². The zero-order valence-corrected chi connectivity index (χ0v) is 64.8. The average molecular weight is 1550 g/mol. The van der Waals surface area contributed by atoms with Crippen molar-refractivity contribution < 1.29 is 0 Å². The molecular formula is C104H64N12S2. The molecule has 12 nitrogen and oxygen atoms in total. The van der Waals surface area contributed by atoms with Gasteiger partial charge in [-0.1, -0.05) is 309 Å². The molecule has 0 atom stereocenters. The summed E-state index contributed by atoms with van der Waals surface area (Å²) in [5.41, 5.74) is 28.6. The maximum absolute atomic E-state index is 5.06. The van der Waals surface area contributed by atoms with Gasteiger partial charge in [-0.05, 0) is 139 Å². The maximum Gasteiger partial charge on any atom is 0.164 e. The van der Waals surface area contributed by atoms with Crippen molar-refractivity contribution in [2.24, 2.45) is 0 Å². The molecule has 0 fully saturated rings. The Kier molecular flexibility index (Phi) is 18.4. The standard InChI is InChI=1S/2C52H32N6S/c1-3-12-33(13-4-1)34-24-26-36(27-25-34)50-56-49(35-14-5-2-6-15-35)57-51(58-50)42-21-11-19-40(32-42)38-17-9-16-37(30-38)39-18-10-20-41(31-39)43-28-29-53-46-47-52(59-48(43)46)55-45-23-8-7-22-44(45)54-47;1-3-12-33(13-4-1)34-24-26-36(27-25-34)50-56-49(35-14-5-2-6-15-35)57-51(58-50)43-22-11-20-40(30-43)38-18-9-17-37(28-38)39-19-10-21-42(29-39)46-48-47(54-32-53-46)44-31-41-16-7-8-23-45(41)55-52(44)59-48/h2*1-32H. The van der Waals surface area contributed by atoms with Gasteiger partial charge in [0.1, 0.15) is 27.0 Å². The fourth-order valence-corrected chi connectivity index (χ4v) is 17.5. The van der Waals surface area contributed by atoms with Crippen molar-refractivity contribution in [3.05, 3.63) is 389 Å². The lowest BCUT2D eigenvalue weighted by Gasteiger charge is -2.11. The van der Waals surface area contributed by atoms with E-state index in [4.69, 9.17) is 59.8 Å². The Bertz CT molecular complexity index is 7100. The van der Waals surface area contributed by atoms with Gasteiger partial charge in [0.05, 0.1) is 37.2 Å². The van der Waals surface area contributed by atoms with E-state index >= 15 is 0 Å². The molecule has 118 heavy (non-hydrogen) atoms. The van der Waals surface area contributed by atoms with Gasteiger partial charge in [0.25, 0.3) is 0 Å². The average Bonchev–Trinajstić information content (AvgIpc) is 1.60. The first-order valence-corrected chi connectivity index (χ1v) is 40.5. The van der Waals surface area contributed by atoms with E-state index in [0.717, 1.165) is 174 Å². The number of benzene rings is 14. The first-order valence-electron chi connectivity index (χ1n) is 38.9. The largest absolute Gasteiger partial charge is 0.253 e. The Balaban J connectivity index is 0.000000147. The normalized spacial score (nSPS) is 11.4. The van der Waals surface area contributed by atoms with Crippen LogP contribution in [0.4, 0.5) is 0 Å². The minimum absolute atomic E-state index is 0.618. The van der Waals surface area contributed by atoms with Gasteiger partial charge in [0.2, 0.25) is 0 Å². The molecule has 22 aromatic rings. The van der Waals surface area contributed by atoms with Gasteiger partial charge in [0.15, 0.2) is 34.9 Å². The summed E-state index contributed by atoms with van der Waals surface area (Å²) in [6.45, 7) is 0. The number of hydrogen-bond acceptors (Lipinski definition) is 14. The molecule has 0 saturated carbocycles. The monoisotopic (exact) mass is 1540 g/mol. The molecule has 0 aliphatic rings.